The van der Waals surface area contributed by atoms with Crippen molar-refractivity contribution in [1.82, 2.24) is 24.5 Å². The summed E-state index contributed by atoms with van der Waals surface area (Å²) in [4.78, 5) is 20.5. The summed E-state index contributed by atoms with van der Waals surface area (Å²) in [6.45, 7) is 0. The summed E-state index contributed by atoms with van der Waals surface area (Å²) in [7, 11) is 0. The Bertz CT molecular complexity index is 3860. The molecule has 0 aliphatic rings. The molecule has 0 spiro atoms. The van der Waals surface area contributed by atoms with Crippen molar-refractivity contribution in [3.05, 3.63) is 247 Å². The highest BCUT2D eigenvalue weighted by atomic mass is 19.4. The standard InChI is InChI=1S/C65H38F3N7/c66-65(67,68)49-35-54(58-37-56(41-17-5-1-6-18-41)71-63(73-58)43-21-9-3-10-22-43)62(55(36-49)59-38-57(42-19-7-2-8-20-42)72-64(74-59)44-23-11-4-12-24-44)75-60-33-45(50-27-15-13-25-47(50)39-69)29-31-52(60)53-32-30-46(34-61(53)75)51-28-16-14-26-48(51)40-70/h1-38H. The predicted octanol–water partition coefficient (Wildman–Crippen LogP) is 16.5. The number of rotatable bonds is 9. The number of nitrogens with zero attached hydrogens (tertiary/aromatic N) is 7. The molecule has 3 heterocycles. The molecule has 0 radical (unpaired) electrons. The third-order valence-electron chi connectivity index (χ3n) is 13.4. The van der Waals surface area contributed by atoms with Crippen LogP contribution in [0.1, 0.15) is 16.7 Å². The van der Waals surface area contributed by atoms with Gasteiger partial charge in [0.15, 0.2) is 11.6 Å². The van der Waals surface area contributed by atoms with Crippen molar-refractivity contribution >= 4 is 21.8 Å². The van der Waals surface area contributed by atoms with Crippen molar-refractivity contribution < 1.29 is 13.2 Å². The van der Waals surface area contributed by atoms with Crippen LogP contribution in [0.15, 0.2) is 231 Å². The first-order valence-corrected chi connectivity index (χ1v) is 24.1. The molecule has 0 aliphatic carbocycles. The SMILES string of the molecule is N#Cc1ccccc1-c1ccc2c3ccc(-c4ccccc4C#N)cc3n(-c3c(-c4cc(-c5ccccc5)nc(-c5ccccc5)n4)cc(C(F)(F)F)cc3-c3cc(-c4ccccc4)nc(-c4ccccc4)n3)c2c1. The van der Waals surface area contributed by atoms with Gasteiger partial charge in [0.05, 0.1) is 68.3 Å². The second-order valence-electron chi connectivity index (χ2n) is 17.9. The summed E-state index contributed by atoms with van der Waals surface area (Å²) in [5.41, 5.74) is 8.91. The molecular weight excluding hydrogens is 936 g/mol. The van der Waals surface area contributed by atoms with Crippen molar-refractivity contribution in [2.24, 2.45) is 0 Å². The van der Waals surface area contributed by atoms with Gasteiger partial charge in [0.1, 0.15) is 0 Å². The van der Waals surface area contributed by atoms with Gasteiger partial charge >= 0.3 is 6.18 Å². The molecule has 0 N–H and O–H groups in total. The fraction of sp³-hybridized carbons (Fsp3) is 0.0154. The Balaban J connectivity index is 1.29. The quantitative estimate of drug-likeness (QED) is 0.143. The molecule has 0 bridgehead atoms. The molecule has 3 aromatic heterocycles. The molecule has 12 rings (SSSR count). The zero-order valence-corrected chi connectivity index (χ0v) is 39.7. The molecule has 10 heteroatoms. The average molecular weight is 974 g/mol. The van der Waals surface area contributed by atoms with Crippen LogP contribution in [0.4, 0.5) is 13.2 Å². The summed E-state index contributed by atoms with van der Waals surface area (Å²) in [6, 6.07) is 74.7. The summed E-state index contributed by atoms with van der Waals surface area (Å²) in [5, 5.41) is 22.3. The molecule has 354 valence electrons. The first kappa shape index (κ1) is 45.8. The highest BCUT2D eigenvalue weighted by Gasteiger charge is 2.35. The van der Waals surface area contributed by atoms with Crippen LogP contribution < -0.4 is 0 Å². The maximum absolute atomic E-state index is 16.0. The number of benzene rings is 9. The molecule has 12 aromatic rings. The topological polar surface area (TPSA) is 104 Å². The van der Waals surface area contributed by atoms with E-state index in [1.165, 1.54) is 12.1 Å². The second-order valence-corrected chi connectivity index (χ2v) is 17.9. The lowest BCUT2D eigenvalue weighted by atomic mass is 9.95. The molecule has 0 unspecified atom stereocenters. The van der Waals surface area contributed by atoms with E-state index in [0.717, 1.165) is 21.9 Å². The minimum atomic E-state index is -4.85. The zero-order chi connectivity index (χ0) is 51.0. The van der Waals surface area contributed by atoms with Gasteiger partial charge in [0, 0.05) is 44.2 Å². The fourth-order valence-electron chi connectivity index (χ4n) is 9.81. The van der Waals surface area contributed by atoms with Gasteiger partial charge < -0.3 is 4.57 Å². The summed E-state index contributed by atoms with van der Waals surface area (Å²) in [6.07, 6.45) is -4.85. The van der Waals surface area contributed by atoms with Gasteiger partial charge in [-0.3, -0.25) is 0 Å². The molecule has 0 aliphatic heterocycles. The van der Waals surface area contributed by atoms with E-state index in [1.54, 1.807) is 24.3 Å². The van der Waals surface area contributed by atoms with E-state index in [9.17, 15) is 10.5 Å². The minimum absolute atomic E-state index is 0.141. The molecule has 0 atom stereocenters. The van der Waals surface area contributed by atoms with Crippen molar-refractivity contribution in [3.63, 3.8) is 0 Å². The van der Waals surface area contributed by atoms with E-state index in [2.05, 4.69) is 12.1 Å². The van der Waals surface area contributed by atoms with Crippen molar-refractivity contribution in [2.45, 2.75) is 6.18 Å². The van der Waals surface area contributed by atoms with E-state index in [4.69, 9.17) is 19.9 Å². The monoisotopic (exact) mass is 973 g/mol. The third kappa shape index (κ3) is 8.63. The Morgan fingerprint density at radius 1 is 0.347 bits per heavy atom. The van der Waals surface area contributed by atoms with Crippen LogP contribution in [-0.2, 0) is 6.18 Å². The summed E-state index contributed by atoms with van der Waals surface area (Å²) in [5.74, 6) is 0.620. The minimum Gasteiger partial charge on any atom is -0.308 e. The molecule has 0 amide bonds. The Labute approximate surface area is 429 Å². The van der Waals surface area contributed by atoms with Crippen LogP contribution in [0.25, 0.3) is 118 Å². The van der Waals surface area contributed by atoms with Gasteiger partial charge in [-0.25, -0.2) is 19.9 Å². The maximum atomic E-state index is 16.0. The normalized spacial score (nSPS) is 11.4. The Morgan fingerprint density at radius 2 is 0.707 bits per heavy atom. The van der Waals surface area contributed by atoms with Crippen LogP contribution in [0, 0.1) is 22.7 Å². The van der Waals surface area contributed by atoms with Gasteiger partial charge in [0.2, 0.25) is 0 Å². The lowest BCUT2D eigenvalue weighted by Crippen LogP contribution is -2.10. The zero-order valence-electron chi connectivity index (χ0n) is 39.7. The Kier molecular flexibility index (Phi) is 11.6. The molecular formula is C65H38F3N7. The van der Waals surface area contributed by atoms with Gasteiger partial charge in [-0.2, -0.15) is 23.7 Å². The van der Waals surface area contributed by atoms with Gasteiger partial charge in [-0.1, -0.05) is 182 Å². The van der Waals surface area contributed by atoms with Crippen molar-refractivity contribution in [2.75, 3.05) is 0 Å². The molecule has 0 fully saturated rings. The fourth-order valence-corrected chi connectivity index (χ4v) is 9.81. The van der Waals surface area contributed by atoms with Crippen LogP contribution in [0.5, 0.6) is 0 Å². The smallest absolute Gasteiger partial charge is 0.308 e. The molecule has 7 nitrogen and oxygen atoms in total. The number of nitriles is 2. The number of halogens is 3. The molecule has 75 heavy (non-hydrogen) atoms. The molecule has 0 saturated heterocycles. The van der Waals surface area contributed by atoms with E-state index < -0.39 is 11.7 Å². The number of hydrogen-bond donors (Lipinski definition) is 0. The number of hydrogen-bond acceptors (Lipinski definition) is 6. The van der Waals surface area contributed by atoms with Gasteiger partial charge in [-0.05, 0) is 70.8 Å². The highest BCUT2D eigenvalue weighted by Crippen LogP contribution is 2.47. The van der Waals surface area contributed by atoms with E-state index in [-0.39, 0.29) is 22.5 Å². The number of fused-ring (bicyclic) bond motifs is 3. The third-order valence-corrected chi connectivity index (χ3v) is 13.4. The van der Waals surface area contributed by atoms with E-state index in [1.807, 2.05) is 199 Å². The lowest BCUT2D eigenvalue weighted by molar-refractivity contribution is -0.137. The van der Waals surface area contributed by atoms with Crippen molar-refractivity contribution in [1.29, 1.82) is 10.5 Å². The largest absolute Gasteiger partial charge is 0.416 e. The average Bonchev–Trinajstić information content (AvgIpc) is 3.80. The molecule has 0 saturated carbocycles. The first-order valence-electron chi connectivity index (χ1n) is 24.1. The first-order chi connectivity index (χ1) is 36.7. The summed E-state index contributed by atoms with van der Waals surface area (Å²) < 4.78 is 50.1. The predicted molar refractivity (Wildman–Crippen MR) is 290 cm³/mol. The van der Waals surface area contributed by atoms with Crippen molar-refractivity contribution in [3.8, 4) is 108 Å². The van der Waals surface area contributed by atoms with Gasteiger partial charge in [-0.15, -0.1) is 0 Å². The second kappa shape index (κ2) is 19.0. The number of alkyl halides is 3. The lowest BCUT2D eigenvalue weighted by Gasteiger charge is -2.22. The maximum Gasteiger partial charge on any atom is 0.416 e. The molecule has 9 aromatic carbocycles. The van der Waals surface area contributed by atoms with Crippen LogP contribution >= 0.6 is 0 Å². The Morgan fingerprint density at radius 3 is 1.09 bits per heavy atom. The van der Waals surface area contributed by atoms with Crippen LogP contribution in [0.3, 0.4) is 0 Å². The van der Waals surface area contributed by atoms with E-state index in [0.29, 0.717) is 84.3 Å². The van der Waals surface area contributed by atoms with Crippen LogP contribution in [-0.4, -0.2) is 24.5 Å². The Hall–Kier alpha value is -10.3. The summed E-state index contributed by atoms with van der Waals surface area (Å²) >= 11 is 0. The highest BCUT2D eigenvalue weighted by molar-refractivity contribution is 6.12. The number of aromatic nitrogens is 5. The van der Waals surface area contributed by atoms with Gasteiger partial charge in [0.25, 0.3) is 0 Å². The van der Waals surface area contributed by atoms with Crippen LogP contribution in [0.2, 0.25) is 0 Å². The van der Waals surface area contributed by atoms with E-state index >= 15 is 13.2 Å².